The summed E-state index contributed by atoms with van der Waals surface area (Å²) in [7, 11) is 0. The minimum absolute atomic E-state index is 0.473. The molecule has 1 heterocycles. The van der Waals surface area contributed by atoms with Crippen LogP contribution in [0.15, 0.2) is 36.5 Å². The maximum absolute atomic E-state index is 5.84. The van der Waals surface area contributed by atoms with Crippen molar-refractivity contribution in [2.24, 2.45) is 0 Å². The number of nitrogens with one attached hydrogen (secondary N) is 1. The number of aromatic nitrogens is 1. The summed E-state index contributed by atoms with van der Waals surface area (Å²) in [4.78, 5) is 4.36. The zero-order valence-electron chi connectivity index (χ0n) is 12.6. The highest BCUT2D eigenvalue weighted by atomic mass is 16.5. The van der Waals surface area contributed by atoms with E-state index >= 15 is 0 Å². The van der Waals surface area contributed by atoms with E-state index in [0.29, 0.717) is 11.9 Å². The SMILES string of the molecule is Cc1ccc(C)c(Oc2ccc(CNC(C)C)cn2)c1. The predicted molar refractivity (Wildman–Crippen MR) is 82.2 cm³/mol. The van der Waals surface area contributed by atoms with Crippen molar-refractivity contribution in [3.05, 3.63) is 53.2 Å². The van der Waals surface area contributed by atoms with Crippen molar-refractivity contribution < 1.29 is 4.74 Å². The third kappa shape index (κ3) is 4.07. The zero-order valence-corrected chi connectivity index (χ0v) is 12.6. The molecule has 0 unspecified atom stereocenters. The Hall–Kier alpha value is -1.87. The molecule has 0 saturated heterocycles. The van der Waals surface area contributed by atoms with Crippen molar-refractivity contribution in [2.45, 2.75) is 40.3 Å². The van der Waals surface area contributed by atoms with Crippen LogP contribution in [0.3, 0.4) is 0 Å². The summed E-state index contributed by atoms with van der Waals surface area (Å²) in [5.41, 5.74) is 3.46. The molecular weight excluding hydrogens is 248 g/mol. The number of pyridine rings is 1. The smallest absolute Gasteiger partial charge is 0.219 e. The van der Waals surface area contributed by atoms with E-state index in [2.05, 4.69) is 43.2 Å². The van der Waals surface area contributed by atoms with Crippen molar-refractivity contribution in [1.82, 2.24) is 10.3 Å². The first-order chi connectivity index (χ1) is 9.54. The molecule has 0 bridgehead atoms. The van der Waals surface area contributed by atoms with Gasteiger partial charge in [0.1, 0.15) is 5.75 Å². The van der Waals surface area contributed by atoms with E-state index in [9.17, 15) is 0 Å². The highest BCUT2D eigenvalue weighted by Crippen LogP contribution is 2.24. The van der Waals surface area contributed by atoms with Crippen LogP contribution in [0.5, 0.6) is 11.6 Å². The van der Waals surface area contributed by atoms with Crippen molar-refractivity contribution in [2.75, 3.05) is 0 Å². The first kappa shape index (κ1) is 14.5. The summed E-state index contributed by atoms with van der Waals surface area (Å²) in [5, 5.41) is 3.37. The zero-order chi connectivity index (χ0) is 14.5. The number of hydrogen-bond donors (Lipinski definition) is 1. The van der Waals surface area contributed by atoms with Gasteiger partial charge in [0.2, 0.25) is 5.88 Å². The number of rotatable bonds is 5. The Labute approximate surface area is 121 Å². The summed E-state index contributed by atoms with van der Waals surface area (Å²) >= 11 is 0. The van der Waals surface area contributed by atoms with Crippen LogP contribution in [-0.2, 0) is 6.54 Å². The normalized spacial score (nSPS) is 10.8. The van der Waals surface area contributed by atoms with Gasteiger partial charge in [0.05, 0.1) is 0 Å². The molecule has 3 heteroatoms. The molecule has 0 saturated carbocycles. The minimum Gasteiger partial charge on any atom is -0.439 e. The maximum atomic E-state index is 5.84. The van der Waals surface area contributed by atoms with E-state index in [-0.39, 0.29) is 0 Å². The van der Waals surface area contributed by atoms with Crippen LogP contribution in [0.4, 0.5) is 0 Å². The second kappa shape index (κ2) is 6.53. The molecule has 0 amide bonds. The van der Waals surface area contributed by atoms with E-state index in [4.69, 9.17) is 4.74 Å². The molecule has 0 spiro atoms. The van der Waals surface area contributed by atoms with E-state index in [1.54, 1.807) is 0 Å². The second-order valence-electron chi connectivity index (χ2n) is 5.41. The maximum Gasteiger partial charge on any atom is 0.219 e. The Bertz CT molecular complexity index is 562. The van der Waals surface area contributed by atoms with Gasteiger partial charge in [-0.15, -0.1) is 0 Å². The Morgan fingerprint density at radius 2 is 1.95 bits per heavy atom. The molecule has 0 radical (unpaired) electrons. The highest BCUT2D eigenvalue weighted by molar-refractivity contribution is 5.38. The van der Waals surface area contributed by atoms with Crippen LogP contribution >= 0.6 is 0 Å². The molecule has 20 heavy (non-hydrogen) atoms. The Morgan fingerprint density at radius 3 is 2.60 bits per heavy atom. The largest absolute Gasteiger partial charge is 0.439 e. The first-order valence-corrected chi connectivity index (χ1v) is 6.98. The summed E-state index contributed by atoms with van der Waals surface area (Å²) < 4.78 is 5.84. The Morgan fingerprint density at radius 1 is 1.15 bits per heavy atom. The molecule has 0 aliphatic rings. The number of benzene rings is 1. The number of aryl methyl sites for hydroxylation is 2. The molecule has 0 fully saturated rings. The molecule has 0 aliphatic carbocycles. The Kier molecular flexibility index (Phi) is 4.74. The summed E-state index contributed by atoms with van der Waals surface area (Å²) in [6.07, 6.45) is 1.86. The van der Waals surface area contributed by atoms with Gasteiger partial charge in [0, 0.05) is 24.8 Å². The quantitative estimate of drug-likeness (QED) is 0.892. The van der Waals surface area contributed by atoms with Crippen LogP contribution in [0.1, 0.15) is 30.5 Å². The summed E-state index contributed by atoms with van der Waals surface area (Å²) in [5.74, 6) is 1.50. The molecule has 1 N–H and O–H groups in total. The van der Waals surface area contributed by atoms with E-state index in [1.165, 1.54) is 5.56 Å². The van der Waals surface area contributed by atoms with Gasteiger partial charge in [-0.05, 0) is 36.6 Å². The lowest BCUT2D eigenvalue weighted by molar-refractivity contribution is 0.458. The third-order valence-electron chi connectivity index (χ3n) is 3.07. The molecule has 1 aromatic heterocycles. The lowest BCUT2D eigenvalue weighted by Gasteiger charge is -2.10. The standard InChI is InChI=1S/C17H22N2O/c1-12(2)18-10-15-7-8-17(19-11-15)20-16-9-13(3)5-6-14(16)4/h5-9,11-12,18H,10H2,1-4H3. The Balaban J connectivity index is 2.05. The van der Waals surface area contributed by atoms with Gasteiger partial charge in [0.25, 0.3) is 0 Å². The highest BCUT2D eigenvalue weighted by Gasteiger charge is 2.03. The molecule has 0 atom stereocenters. The molecule has 3 nitrogen and oxygen atoms in total. The summed E-state index contributed by atoms with van der Waals surface area (Å²) in [6, 6.07) is 10.6. The van der Waals surface area contributed by atoms with E-state index < -0.39 is 0 Å². The first-order valence-electron chi connectivity index (χ1n) is 6.98. The van der Waals surface area contributed by atoms with Crippen LogP contribution in [0.2, 0.25) is 0 Å². The van der Waals surface area contributed by atoms with Gasteiger partial charge in [-0.25, -0.2) is 4.98 Å². The van der Waals surface area contributed by atoms with E-state index in [0.717, 1.165) is 23.4 Å². The van der Waals surface area contributed by atoms with Crippen LogP contribution in [0, 0.1) is 13.8 Å². The van der Waals surface area contributed by atoms with Gasteiger partial charge in [-0.2, -0.15) is 0 Å². The average molecular weight is 270 g/mol. The van der Waals surface area contributed by atoms with Gasteiger partial charge in [-0.3, -0.25) is 0 Å². The van der Waals surface area contributed by atoms with E-state index in [1.807, 2.05) is 31.3 Å². The summed E-state index contributed by atoms with van der Waals surface area (Å²) in [6.45, 7) is 9.18. The minimum atomic E-state index is 0.473. The molecule has 2 aromatic rings. The second-order valence-corrected chi connectivity index (χ2v) is 5.41. The third-order valence-corrected chi connectivity index (χ3v) is 3.07. The van der Waals surface area contributed by atoms with Crippen LogP contribution in [-0.4, -0.2) is 11.0 Å². The monoisotopic (exact) mass is 270 g/mol. The fourth-order valence-corrected chi connectivity index (χ4v) is 1.83. The van der Waals surface area contributed by atoms with Crippen molar-refractivity contribution in [1.29, 1.82) is 0 Å². The average Bonchev–Trinajstić information content (AvgIpc) is 2.42. The van der Waals surface area contributed by atoms with Crippen LogP contribution < -0.4 is 10.1 Å². The van der Waals surface area contributed by atoms with Crippen LogP contribution in [0.25, 0.3) is 0 Å². The molecule has 0 aliphatic heterocycles. The number of nitrogens with zero attached hydrogens (tertiary/aromatic N) is 1. The lowest BCUT2D eigenvalue weighted by Crippen LogP contribution is -2.21. The lowest BCUT2D eigenvalue weighted by atomic mass is 10.1. The molecule has 2 rings (SSSR count). The predicted octanol–water partition coefficient (Wildman–Crippen LogP) is 3.99. The topological polar surface area (TPSA) is 34.1 Å². The molecule has 106 valence electrons. The number of hydrogen-bond acceptors (Lipinski definition) is 3. The van der Waals surface area contributed by atoms with Gasteiger partial charge < -0.3 is 10.1 Å². The van der Waals surface area contributed by atoms with Gasteiger partial charge in [-0.1, -0.05) is 32.0 Å². The molecular formula is C17H22N2O. The number of ether oxygens (including phenoxy) is 1. The molecule has 1 aromatic carbocycles. The van der Waals surface area contributed by atoms with Gasteiger partial charge >= 0.3 is 0 Å². The van der Waals surface area contributed by atoms with Gasteiger partial charge in [0.15, 0.2) is 0 Å². The van der Waals surface area contributed by atoms with Crippen molar-refractivity contribution in [3.8, 4) is 11.6 Å². The van der Waals surface area contributed by atoms with Crippen molar-refractivity contribution >= 4 is 0 Å². The fraction of sp³-hybridized carbons (Fsp3) is 0.353. The van der Waals surface area contributed by atoms with Crippen molar-refractivity contribution in [3.63, 3.8) is 0 Å². The fourth-order valence-electron chi connectivity index (χ4n) is 1.83.